The first-order valence-electron chi connectivity index (χ1n) is 12.5. The molecule has 0 radical (unpaired) electrons. The lowest BCUT2D eigenvalue weighted by Gasteiger charge is -2.22. The molecule has 2 heterocycles. The number of methoxy groups -OCH3 is 3. The van der Waals surface area contributed by atoms with E-state index in [4.69, 9.17) is 18.9 Å². The third kappa shape index (κ3) is 5.25. The van der Waals surface area contributed by atoms with E-state index in [0.29, 0.717) is 42.0 Å². The minimum Gasteiger partial charge on any atom is -1.00 e. The molecular weight excluding hydrogens is 641 g/mol. The Bertz CT molecular complexity index is 1570. The second kappa shape index (κ2) is 11.7. The van der Waals surface area contributed by atoms with E-state index >= 15 is 0 Å². The van der Waals surface area contributed by atoms with Crippen molar-refractivity contribution in [3.63, 3.8) is 0 Å². The maximum Gasteiger partial charge on any atom is 0.416 e. The number of fused-ring (bicyclic) bond motifs is 4. The molecule has 3 aromatic carbocycles. The SMILES string of the molecule is CCc1c2[n+](cc3c(OCc4ccc(F)cc4C(F)(F)F)c(OC)ccc13)CCc1cc(OC)c(OC)cc1-2.[I-]. The summed E-state index contributed by atoms with van der Waals surface area (Å²) in [7, 11) is 4.69. The average Bonchev–Trinajstić information content (AvgIpc) is 2.93. The van der Waals surface area contributed by atoms with E-state index in [1.807, 2.05) is 24.4 Å². The van der Waals surface area contributed by atoms with Crippen molar-refractivity contribution in [2.24, 2.45) is 0 Å². The third-order valence-electron chi connectivity index (χ3n) is 7.15. The Balaban J connectivity index is 0.00000370. The summed E-state index contributed by atoms with van der Waals surface area (Å²) in [4.78, 5) is 0. The van der Waals surface area contributed by atoms with Gasteiger partial charge < -0.3 is 42.9 Å². The van der Waals surface area contributed by atoms with Gasteiger partial charge in [-0.25, -0.2) is 4.39 Å². The molecule has 0 atom stereocenters. The molecule has 0 spiro atoms. The van der Waals surface area contributed by atoms with Gasteiger partial charge in [0.15, 0.2) is 35.7 Å². The summed E-state index contributed by atoms with van der Waals surface area (Å²) in [6.07, 6.45) is -1.31. The molecular formula is C30H28F4INO4. The molecule has 0 fully saturated rings. The van der Waals surface area contributed by atoms with Crippen LogP contribution in [0.4, 0.5) is 17.6 Å². The van der Waals surface area contributed by atoms with Gasteiger partial charge in [-0.3, -0.25) is 0 Å². The van der Waals surface area contributed by atoms with Crippen LogP contribution in [-0.2, 0) is 32.2 Å². The number of hydrogen-bond acceptors (Lipinski definition) is 4. The Labute approximate surface area is 246 Å². The van der Waals surface area contributed by atoms with E-state index in [1.54, 1.807) is 20.3 Å². The maximum atomic E-state index is 13.6. The standard InChI is InChI=1S/C30H28F4NO4.HI/c1-5-20-21-8-9-25(36-2)29(39-16-18-6-7-19(31)13-24(18)30(32,33)34)23(21)15-35-11-10-17-12-26(37-3)27(38-4)14-22(17)28(20)35;/h6-9,12-15H,5,10-11,16H2,1-4H3;1H/q+1;/p-1. The Hall–Kier alpha value is -3.28. The van der Waals surface area contributed by atoms with Gasteiger partial charge in [0.25, 0.3) is 0 Å². The normalized spacial score (nSPS) is 12.3. The molecule has 0 unspecified atom stereocenters. The fraction of sp³-hybridized carbons (Fsp3) is 0.300. The van der Waals surface area contributed by atoms with Gasteiger partial charge in [-0.2, -0.15) is 17.7 Å². The fourth-order valence-electron chi connectivity index (χ4n) is 5.33. The zero-order valence-electron chi connectivity index (χ0n) is 22.4. The summed E-state index contributed by atoms with van der Waals surface area (Å²) < 4.78 is 79.2. The van der Waals surface area contributed by atoms with Crippen LogP contribution < -0.4 is 47.5 Å². The molecule has 0 saturated heterocycles. The van der Waals surface area contributed by atoms with Crippen LogP contribution in [0.15, 0.2) is 48.7 Å². The predicted octanol–water partition coefficient (Wildman–Crippen LogP) is 3.68. The lowest BCUT2D eigenvalue weighted by atomic mass is 9.90. The number of benzene rings is 3. The van der Waals surface area contributed by atoms with Gasteiger partial charge in [0.1, 0.15) is 12.4 Å². The van der Waals surface area contributed by atoms with Crippen LogP contribution >= 0.6 is 0 Å². The zero-order chi connectivity index (χ0) is 27.9. The van der Waals surface area contributed by atoms with Gasteiger partial charge in [0.2, 0.25) is 5.69 Å². The summed E-state index contributed by atoms with van der Waals surface area (Å²) in [6, 6.07) is 10.3. The highest BCUT2D eigenvalue weighted by Gasteiger charge is 2.35. The van der Waals surface area contributed by atoms with Crippen molar-refractivity contribution in [1.29, 1.82) is 0 Å². The number of ether oxygens (including phenoxy) is 4. The van der Waals surface area contributed by atoms with Gasteiger partial charge in [0.05, 0.1) is 37.8 Å². The van der Waals surface area contributed by atoms with E-state index in [0.717, 1.165) is 51.7 Å². The van der Waals surface area contributed by atoms with Crippen LogP contribution in [0, 0.1) is 5.82 Å². The fourth-order valence-corrected chi connectivity index (χ4v) is 5.33. The quantitative estimate of drug-likeness (QED) is 0.171. The van der Waals surface area contributed by atoms with Crippen LogP contribution in [0.25, 0.3) is 22.0 Å². The van der Waals surface area contributed by atoms with Crippen molar-refractivity contribution >= 4 is 10.8 Å². The van der Waals surface area contributed by atoms with E-state index < -0.39 is 24.2 Å². The monoisotopic (exact) mass is 669 g/mol. The molecule has 212 valence electrons. The Kier molecular flexibility index (Phi) is 8.67. The summed E-state index contributed by atoms with van der Waals surface area (Å²) in [5.41, 5.74) is 3.05. The van der Waals surface area contributed by atoms with Gasteiger partial charge in [-0.1, -0.05) is 13.0 Å². The molecule has 0 amide bonds. The Morgan fingerprint density at radius 1 is 0.875 bits per heavy atom. The smallest absolute Gasteiger partial charge is 0.416 e. The van der Waals surface area contributed by atoms with Crippen molar-refractivity contribution in [2.45, 2.75) is 39.1 Å². The predicted molar refractivity (Wildman–Crippen MR) is 138 cm³/mol. The number of hydrogen-bond donors (Lipinski definition) is 0. The highest BCUT2D eigenvalue weighted by Crippen LogP contribution is 2.43. The minimum atomic E-state index is -4.72. The number of pyridine rings is 1. The number of alkyl halides is 3. The average molecular weight is 669 g/mol. The molecule has 10 heteroatoms. The van der Waals surface area contributed by atoms with E-state index in [-0.39, 0.29) is 29.5 Å². The molecule has 0 bridgehead atoms. The van der Waals surface area contributed by atoms with Crippen LogP contribution in [0.3, 0.4) is 0 Å². The first-order chi connectivity index (χ1) is 18.7. The molecule has 0 saturated carbocycles. The number of aryl methyl sites for hydroxylation is 3. The van der Waals surface area contributed by atoms with Crippen molar-refractivity contribution in [1.82, 2.24) is 0 Å². The van der Waals surface area contributed by atoms with Crippen LogP contribution in [0.2, 0.25) is 0 Å². The molecule has 5 nitrogen and oxygen atoms in total. The van der Waals surface area contributed by atoms with Gasteiger partial charge in [0, 0.05) is 22.9 Å². The van der Waals surface area contributed by atoms with E-state index in [9.17, 15) is 17.6 Å². The highest BCUT2D eigenvalue weighted by molar-refractivity contribution is 5.95. The first-order valence-corrected chi connectivity index (χ1v) is 12.5. The third-order valence-corrected chi connectivity index (χ3v) is 7.15. The summed E-state index contributed by atoms with van der Waals surface area (Å²) in [5, 5.41) is 1.62. The summed E-state index contributed by atoms with van der Waals surface area (Å²) in [5.74, 6) is 1.06. The maximum absolute atomic E-state index is 13.6. The molecule has 40 heavy (non-hydrogen) atoms. The summed E-state index contributed by atoms with van der Waals surface area (Å²) in [6.45, 7) is 2.34. The second-order valence-electron chi connectivity index (χ2n) is 9.26. The molecule has 0 aliphatic carbocycles. The largest absolute Gasteiger partial charge is 1.00 e. The van der Waals surface area contributed by atoms with Gasteiger partial charge >= 0.3 is 6.18 Å². The van der Waals surface area contributed by atoms with Crippen LogP contribution in [0.1, 0.15) is 29.2 Å². The lowest BCUT2D eigenvalue weighted by molar-refractivity contribution is -0.686. The summed E-state index contributed by atoms with van der Waals surface area (Å²) >= 11 is 0. The van der Waals surface area contributed by atoms with E-state index in [2.05, 4.69) is 11.5 Å². The van der Waals surface area contributed by atoms with Crippen molar-refractivity contribution in [2.75, 3.05) is 21.3 Å². The highest BCUT2D eigenvalue weighted by atomic mass is 127. The van der Waals surface area contributed by atoms with Crippen LogP contribution in [0.5, 0.6) is 23.0 Å². The molecule has 0 N–H and O–H groups in total. The first kappa shape index (κ1) is 29.7. The van der Waals surface area contributed by atoms with Crippen molar-refractivity contribution in [3.8, 4) is 34.3 Å². The number of nitrogens with zero attached hydrogens (tertiary/aromatic N) is 1. The van der Waals surface area contributed by atoms with Crippen LogP contribution in [-0.4, -0.2) is 21.3 Å². The molecule has 1 aromatic heterocycles. The minimum absolute atomic E-state index is 0. The topological polar surface area (TPSA) is 40.8 Å². The number of rotatable bonds is 7. The second-order valence-corrected chi connectivity index (χ2v) is 9.26. The van der Waals surface area contributed by atoms with Crippen molar-refractivity contribution < 1.29 is 65.1 Å². The van der Waals surface area contributed by atoms with Crippen molar-refractivity contribution in [3.05, 3.63) is 76.7 Å². The Morgan fingerprint density at radius 2 is 1.57 bits per heavy atom. The molecule has 1 aliphatic rings. The number of halogens is 5. The lowest BCUT2D eigenvalue weighted by Crippen LogP contribution is -3.00. The number of aromatic nitrogens is 1. The Morgan fingerprint density at radius 3 is 2.23 bits per heavy atom. The van der Waals surface area contributed by atoms with E-state index in [1.165, 1.54) is 7.11 Å². The molecule has 4 aromatic rings. The zero-order valence-corrected chi connectivity index (χ0v) is 24.6. The molecule has 1 aliphatic heterocycles. The van der Waals surface area contributed by atoms with Gasteiger partial charge in [-0.15, -0.1) is 0 Å². The van der Waals surface area contributed by atoms with Gasteiger partial charge in [-0.05, 0) is 48.4 Å². The molecule has 5 rings (SSSR count).